The molecule has 0 aromatic heterocycles. The van der Waals surface area contributed by atoms with Gasteiger partial charge in [-0.25, -0.2) is 4.39 Å². The lowest BCUT2D eigenvalue weighted by Crippen LogP contribution is -2.17. The molecule has 0 unspecified atom stereocenters. The Labute approximate surface area is 88.1 Å². The van der Waals surface area contributed by atoms with Crippen LogP contribution in [0.2, 0.25) is 5.02 Å². The van der Waals surface area contributed by atoms with Crippen LogP contribution in [-0.2, 0) is 6.42 Å². The summed E-state index contributed by atoms with van der Waals surface area (Å²) >= 11 is 5.70. The maximum absolute atomic E-state index is 12.9. The molecule has 14 heavy (non-hydrogen) atoms. The molecule has 2 rings (SSSR count). The van der Waals surface area contributed by atoms with E-state index in [1.54, 1.807) is 12.1 Å². The second kappa shape index (κ2) is 3.52. The number of nitrogens with two attached hydrogens (primary N) is 1. The van der Waals surface area contributed by atoms with Crippen molar-refractivity contribution in [2.24, 2.45) is 11.1 Å². The molecular formula is C11H13ClFN. The first-order valence-corrected chi connectivity index (χ1v) is 5.17. The summed E-state index contributed by atoms with van der Waals surface area (Å²) in [5, 5.41) is 0.204. The van der Waals surface area contributed by atoms with Gasteiger partial charge in [-0.3, -0.25) is 0 Å². The fraction of sp³-hybridized carbons (Fsp3) is 0.455. The third kappa shape index (κ3) is 1.91. The lowest BCUT2D eigenvalue weighted by Gasteiger charge is -2.12. The minimum atomic E-state index is -0.354. The Morgan fingerprint density at radius 3 is 2.64 bits per heavy atom. The summed E-state index contributed by atoms with van der Waals surface area (Å²) in [5.41, 5.74) is 7.04. The van der Waals surface area contributed by atoms with Crippen LogP contribution < -0.4 is 5.73 Å². The van der Waals surface area contributed by atoms with Gasteiger partial charge in [-0.15, -0.1) is 0 Å². The Morgan fingerprint density at radius 2 is 2.14 bits per heavy atom. The zero-order chi connectivity index (χ0) is 10.2. The first-order valence-electron chi connectivity index (χ1n) is 4.79. The van der Waals surface area contributed by atoms with E-state index in [2.05, 4.69) is 0 Å². The third-order valence-electron chi connectivity index (χ3n) is 2.95. The van der Waals surface area contributed by atoms with Gasteiger partial charge in [0.1, 0.15) is 5.82 Å². The van der Waals surface area contributed by atoms with Crippen LogP contribution in [0.4, 0.5) is 4.39 Å². The first kappa shape index (κ1) is 9.94. The molecule has 1 nitrogen and oxygen atoms in total. The SMILES string of the molecule is NCC1(Cc2ccc(F)c(Cl)c2)CC1. The standard InChI is InChI=1S/C11H13ClFN/c12-9-5-8(1-2-10(9)13)6-11(7-14)3-4-11/h1-2,5H,3-4,6-7,14H2. The van der Waals surface area contributed by atoms with Gasteiger partial charge in [0.2, 0.25) is 0 Å². The van der Waals surface area contributed by atoms with Gasteiger partial charge < -0.3 is 5.73 Å². The van der Waals surface area contributed by atoms with Crippen molar-refractivity contribution < 1.29 is 4.39 Å². The van der Waals surface area contributed by atoms with E-state index in [4.69, 9.17) is 17.3 Å². The van der Waals surface area contributed by atoms with Crippen LogP contribution in [0.25, 0.3) is 0 Å². The van der Waals surface area contributed by atoms with E-state index in [0.29, 0.717) is 6.54 Å². The molecule has 1 saturated carbocycles. The van der Waals surface area contributed by atoms with Crippen LogP contribution in [0, 0.1) is 11.2 Å². The van der Waals surface area contributed by atoms with Gasteiger partial charge in [0.05, 0.1) is 5.02 Å². The van der Waals surface area contributed by atoms with Gasteiger partial charge in [0, 0.05) is 0 Å². The maximum atomic E-state index is 12.9. The minimum absolute atomic E-state index is 0.204. The van der Waals surface area contributed by atoms with Gasteiger partial charge in [0.25, 0.3) is 0 Å². The zero-order valence-electron chi connectivity index (χ0n) is 7.89. The molecule has 1 aliphatic carbocycles. The first-order chi connectivity index (χ1) is 6.65. The predicted molar refractivity (Wildman–Crippen MR) is 55.8 cm³/mol. The number of rotatable bonds is 3. The second-order valence-electron chi connectivity index (χ2n) is 4.13. The molecule has 0 aliphatic heterocycles. The number of benzene rings is 1. The Hall–Kier alpha value is -0.600. The van der Waals surface area contributed by atoms with Crippen LogP contribution >= 0.6 is 11.6 Å². The third-order valence-corrected chi connectivity index (χ3v) is 3.24. The van der Waals surface area contributed by atoms with Crippen molar-refractivity contribution in [2.75, 3.05) is 6.54 Å². The highest BCUT2D eigenvalue weighted by atomic mass is 35.5. The summed E-state index contributed by atoms with van der Waals surface area (Å²) in [5.74, 6) is -0.354. The smallest absolute Gasteiger partial charge is 0.141 e. The Balaban J connectivity index is 2.14. The summed E-state index contributed by atoms with van der Waals surface area (Å²) in [6.45, 7) is 0.710. The molecule has 1 fully saturated rings. The minimum Gasteiger partial charge on any atom is -0.330 e. The highest BCUT2D eigenvalue weighted by Crippen LogP contribution is 2.47. The molecule has 0 saturated heterocycles. The van der Waals surface area contributed by atoms with E-state index in [1.807, 2.05) is 0 Å². The van der Waals surface area contributed by atoms with Crippen molar-refractivity contribution in [2.45, 2.75) is 19.3 Å². The summed E-state index contributed by atoms with van der Waals surface area (Å²) in [4.78, 5) is 0. The van der Waals surface area contributed by atoms with E-state index >= 15 is 0 Å². The molecule has 3 heteroatoms. The molecule has 1 aromatic rings. The molecule has 76 valence electrons. The normalized spacial score (nSPS) is 18.2. The lowest BCUT2D eigenvalue weighted by atomic mass is 9.97. The van der Waals surface area contributed by atoms with Crippen molar-refractivity contribution in [1.82, 2.24) is 0 Å². The average molecular weight is 214 g/mol. The van der Waals surface area contributed by atoms with Crippen molar-refractivity contribution in [3.63, 3.8) is 0 Å². The van der Waals surface area contributed by atoms with Gasteiger partial charge >= 0.3 is 0 Å². The molecule has 0 spiro atoms. The second-order valence-corrected chi connectivity index (χ2v) is 4.54. The van der Waals surface area contributed by atoms with E-state index in [0.717, 1.165) is 12.0 Å². The van der Waals surface area contributed by atoms with Gasteiger partial charge in [-0.05, 0) is 48.9 Å². The maximum Gasteiger partial charge on any atom is 0.141 e. The van der Waals surface area contributed by atoms with E-state index in [-0.39, 0.29) is 16.3 Å². The molecule has 2 N–H and O–H groups in total. The van der Waals surface area contributed by atoms with Crippen LogP contribution in [0.1, 0.15) is 18.4 Å². The highest BCUT2D eigenvalue weighted by Gasteiger charge is 2.40. The van der Waals surface area contributed by atoms with Crippen molar-refractivity contribution >= 4 is 11.6 Å². The predicted octanol–water partition coefficient (Wildman–Crippen LogP) is 2.76. The Morgan fingerprint density at radius 1 is 1.43 bits per heavy atom. The largest absolute Gasteiger partial charge is 0.330 e. The van der Waals surface area contributed by atoms with Gasteiger partial charge in [-0.2, -0.15) is 0 Å². The highest BCUT2D eigenvalue weighted by molar-refractivity contribution is 6.30. The molecule has 0 radical (unpaired) electrons. The van der Waals surface area contributed by atoms with E-state index < -0.39 is 0 Å². The summed E-state index contributed by atoms with van der Waals surface area (Å²) in [6.07, 6.45) is 3.28. The molecule has 0 atom stereocenters. The van der Waals surface area contributed by atoms with Crippen LogP contribution in [0.15, 0.2) is 18.2 Å². The Kier molecular flexibility index (Phi) is 2.50. The van der Waals surface area contributed by atoms with Crippen LogP contribution in [-0.4, -0.2) is 6.54 Å². The van der Waals surface area contributed by atoms with E-state index in [1.165, 1.54) is 18.9 Å². The topological polar surface area (TPSA) is 26.0 Å². The van der Waals surface area contributed by atoms with Crippen molar-refractivity contribution in [3.8, 4) is 0 Å². The molecular weight excluding hydrogens is 201 g/mol. The fourth-order valence-corrected chi connectivity index (χ4v) is 1.92. The van der Waals surface area contributed by atoms with Crippen molar-refractivity contribution in [1.29, 1.82) is 0 Å². The molecule has 0 heterocycles. The summed E-state index contributed by atoms with van der Waals surface area (Å²) < 4.78 is 12.9. The van der Waals surface area contributed by atoms with Crippen LogP contribution in [0.3, 0.4) is 0 Å². The number of hydrogen-bond donors (Lipinski definition) is 1. The van der Waals surface area contributed by atoms with Gasteiger partial charge in [0.15, 0.2) is 0 Å². The zero-order valence-corrected chi connectivity index (χ0v) is 8.65. The number of halogens is 2. The lowest BCUT2D eigenvalue weighted by molar-refractivity contribution is 0.520. The number of hydrogen-bond acceptors (Lipinski definition) is 1. The fourth-order valence-electron chi connectivity index (χ4n) is 1.71. The molecule has 0 amide bonds. The average Bonchev–Trinajstić information content (AvgIpc) is 2.93. The van der Waals surface area contributed by atoms with Gasteiger partial charge in [-0.1, -0.05) is 17.7 Å². The monoisotopic (exact) mass is 213 g/mol. The van der Waals surface area contributed by atoms with E-state index in [9.17, 15) is 4.39 Å². The van der Waals surface area contributed by atoms with Crippen LogP contribution in [0.5, 0.6) is 0 Å². The quantitative estimate of drug-likeness (QED) is 0.821. The molecule has 1 aromatic carbocycles. The summed E-state index contributed by atoms with van der Waals surface area (Å²) in [6, 6.07) is 4.91. The molecule has 1 aliphatic rings. The summed E-state index contributed by atoms with van der Waals surface area (Å²) in [7, 11) is 0. The Bertz CT molecular complexity index is 347. The molecule has 0 bridgehead atoms. The van der Waals surface area contributed by atoms with Crippen molar-refractivity contribution in [3.05, 3.63) is 34.6 Å².